The minimum atomic E-state index is -0.513. The summed E-state index contributed by atoms with van der Waals surface area (Å²) in [4.78, 5) is 6.28. The first-order chi connectivity index (χ1) is 30.8. The smallest absolute Gasteiger partial charge is 0.0820 e. The number of hydrogen-bond donors (Lipinski definition) is 0. The van der Waals surface area contributed by atoms with E-state index in [1.807, 2.05) is 11.3 Å². The first kappa shape index (κ1) is 35.1. The number of benzene rings is 10. The lowest BCUT2D eigenvalue weighted by Crippen LogP contribution is -2.25. The first-order valence-corrected chi connectivity index (χ1v) is 22.2. The molecule has 1 heterocycles. The number of hydrogen-bond acceptors (Lipinski definition) is 3. The Balaban J connectivity index is 1.08. The van der Waals surface area contributed by atoms with Gasteiger partial charge in [-0.3, -0.25) is 0 Å². The van der Waals surface area contributed by atoms with Crippen LogP contribution in [0.25, 0.3) is 53.9 Å². The van der Waals surface area contributed by atoms with Crippen LogP contribution in [-0.4, -0.2) is 0 Å². The summed E-state index contributed by atoms with van der Waals surface area (Å²) < 4.78 is 1.31. The summed E-state index contributed by atoms with van der Waals surface area (Å²) in [6.07, 6.45) is 0. The second-order valence-electron chi connectivity index (χ2n) is 16.4. The lowest BCUT2D eigenvalue weighted by atomic mass is 9.74. The van der Waals surface area contributed by atoms with E-state index >= 15 is 0 Å². The number of para-hydroxylation sites is 2. The van der Waals surface area contributed by atoms with Gasteiger partial charge >= 0.3 is 0 Å². The average Bonchev–Trinajstić information content (AvgIpc) is 3.96. The van der Waals surface area contributed by atoms with Crippen molar-refractivity contribution in [3.8, 4) is 22.3 Å². The largest absolute Gasteiger partial charge is 0.310 e. The summed E-state index contributed by atoms with van der Waals surface area (Å²) in [5.74, 6) is 0. The van der Waals surface area contributed by atoms with Gasteiger partial charge < -0.3 is 9.80 Å². The van der Waals surface area contributed by atoms with Crippen molar-refractivity contribution in [3.63, 3.8) is 0 Å². The zero-order valence-corrected chi connectivity index (χ0v) is 34.6. The fourth-order valence-corrected chi connectivity index (χ4v) is 12.0. The van der Waals surface area contributed by atoms with Gasteiger partial charge in [0, 0.05) is 54.5 Å². The van der Waals surface area contributed by atoms with Gasteiger partial charge in [-0.2, -0.15) is 0 Å². The molecule has 0 saturated carbocycles. The van der Waals surface area contributed by atoms with Gasteiger partial charge in [0.15, 0.2) is 0 Å². The molecule has 0 fully saturated rings. The molecule has 0 bridgehead atoms. The van der Waals surface area contributed by atoms with Crippen LogP contribution in [0.4, 0.5) is 34.1 Å². The normalized spacial score (nSPS) is 14.5. The molecule has 1 atom stereocenters. The summed E-state index contributed by atoms with van der Waals surface area (Å²) in [5.41, 5.74) is 15.5. The van der Waals surface area contributed by atoms with E-state index in [0.29, 0.717) is 0 Å². The Kier molecular flexibility index (Phi) is 7.72. The van der Waals surface area contributed by atoms with E-state index in [0.717, 1.165) is 28.4 Å². The lowest BCUT2D eigenvalue weighted by Gasteiger charge is -2.31. The van der Waals surface area contributed by atoms with Gasteiger partial charge in [-0.05, 0) is 122 Å². The van der Waals surface area contributed by atoms with Crippen molar-refractivity contribution in [1.29, 1.82) is 0 Å². The molecule has 0 radical (unpaired) electrons. The minimum absolute atomic E-state index is 0.513. The number of thiophene rings is 1. The lowest BCUT2D eigenvalue weighted by molar-refractivity contribution is 0.811. The maximum absolute atomic E-state index is 2.47. The monoisotopic (exact) mass is 806 g/mol. The van der Waals surface area contributed by atoms with E-state index < -0.39 is 5.41 Å². The van der Waals surface area contributed by atoms with Crippen LogP contribution in [0.15, 0.2) is 231 Å². The highest BCUT2D eigenvalue weighted by molar-refractivity contribution is 7.20. The van der Waals surface area contributed by atoms with E-state index in [-0.39, 0.29) is 0 Å². The Morgan fingerprint density at radius 3 is 1.58 bits per heavy atom. The van der Waals surface area contributed by atoms with Crippen LogP contribution < -0.4 is 9.80 Å². The molecule has 1 aromatic heterocycles. The van der Waals surface area contributed by atoms with Crippen LogP contribution in [0, 0.1) is 0 Å². The molecule has 3 heteroatoms. The van der Waals surface area contributed by atoms with Gasteiger partial charge in [-0.25, -0.2) is 0 Å². The number of anilines is 6. The average molecular weight is 807 g/mol. The topological polar surface area (TPSA) is 6.48 Å². The molecule has 1 spiro atoms. The number of rotatable bonds is 6. The minimum Gasteiger partial charge on any atom is -0.310 e. The molecule has 2 aliphatic rings. The van der Waals surface area contributed by atoms with Gasteiger partial charge in [-0.1, -0.05) is 158 Å². The maximum Gasteiger partial charge on any atom is 0.0820 e. The van der Waals surface area contributed by atoms with Gasteiger partial charge in [0.05, 0.1) is 11.1 Å². The Morgan fingerprint density at radius 1 is 0.323 bits per heavy atom. The molecule has 0 amide bonds. The molecular formula is C59H38N2S. The van der Waals surface area contributed by atoms with Gasteiger partial charge in [0.25, 0.3) is 0 Å². The molecule has 2 nitrogen and oxygen atoms in total. The van der Waals surface area contributed by atoms with Crippen LogP contribution in [0.1, 0.15) is 21.6 Å². The highest BCUT2D eigenvalue weighted by Gasteiger charge is 2.54. The molecule has 13 rings (SSSR count). The van der Waals surface area contributed by atoms with Gasteiger partial charge in [0.1, 0.15) is 0 Å². The second-order valence-corrected chi connectivity index (χ2v) is 17.5. The predicted molar refractivity (Wildman–Crippen MR) is 263 cm³/mol. The second kappa shape index (κ2) is 13.7. The molecule has 11 aromatic rings. The van der Waals surface area contributed by atoms with Crippen LogP contribution in [0.3, 0.4) is 0 Å². The molecule has 62 heavy (non-hydrogen) atoms. The predicted octanol–water partition coefficient (Wildman–Crippen LogP) is 16.5. The highest BCUT2D eigenvalue weighted by atomic mass is 32.1. The molecule has 1 unspecified atom stereocenters. The Bertz CT molecular complexity index is 3550. The summed E-state index contributed by atoms with van der Waals surface area (Å²) in [5, 5.41) is 6.22. The van der Waals surface area contributed by atoms with E-state index in [1.165, 1.54) is 81.1 Å². The molecule has 2 aliphatic carbocycles. The van der Waals surface area contributed by atoms with Crippen LogP contribution in [0.2, 0.25) is 0 Å². The Morgan fingerprint density at radius 2 is 0.855 bits per heavy atom. The molecule has 290 valence electrons. The van der Waals surface area contributed by atoms with E-state index in [9.17, 15) is 0 Å². The van der Waals surface area contributed by atoms with Crippen molar-refractivity contribution in [3.05, 3.63) is 252 Å². The third-order valence-corrected chi connectivity index (χ3v) is 14.5. The summed E-state index contributed by atoms with van der Waals surface area (Å²) in [6.45, 7) is 0. The van der Waals surface area contributed by atoms with Crippen LogP contribution >= 0.6 is 11.3 Å². The third-order valence-electron chi connectivity index (χ3n) is 13.2. The van der Waals surface area contributed by atoms with Crippen molar-refractivity contribution in [1.82, 2.24) is 0 Å². The van der Waals surface area contributed by atoms with Crippen LogP contribution in [0.5, 0.6) is 0 Å². The van der Waals surface area contributed by atoms with E-state index in [2.05, 4.69) is 240 Å². The van der Waals surface area contributed by atoms with Gasteiger partial charge in [0.2, 0.25) is 0 Å². The number of fused-ring (bicyclic) bond motifs is 14. The fraction of sp³-hybridized carbons (Fsp3) is 0.0169. The zero-order chi connectivity index (χ0) is 40.8. The quantitative estimate of drug-likeness (QED) is 0.165. The first-order valence-electron chi connectivity index (χ1n) is 21.3. The van der Waals surface area contributed by atoms with Crippen molar-refractivity contribution < 1.29 is 0 Å². The SMILES string of the molecule is c1ccc(N(c2ccc3c(c2)-c2c(sc4ccccc24)C32c3ccccc3-c3c(N(c4ccccc4)c4ccc5ccccc5c4)cccc32)c2ccc3ccccc3c2)cc1. The van der Waals surface area contributed by atoms with Gasteiger partial charge in [-0.15, -0.1) is 11.3 Å². The summed E-state index contributed by atoms with van der Waals surface area (Å²) >= 11 is 1.96. The number of nitrogens with zero attached hydrogens (tertiary/aromatic N) is 2. The van der Waals surface area contributed by atoms with E-state index in [1.54, 1.807) is 0 Å². The molecule has 0 N–H and O–H groups in total. The molecule has 0 aliphatic heterocycles. The standard InChI is InChI=1S/C59H38N2S/c1-3-20-43(21-4-1)60(45-32-30-39-16-7-9-18-41(39)36-45)47-34-35-52-50(38-47)56-49-25-12-14-29-55(49)62-58(56)59(52)51-26-13-11-24-48(51)57-53(59)27-15-28-54(57)61(44-22-5-2-6-23-44)46-33-31-40-17-8-10-19-42(40)37-46/h1-38H. The fourth-order valence-electron chi connectivity index (χ4n) is 10.6. The van der Waals surface area contributed by atoms with Crippen molar-refractivity contribution in [2.45, 2.75) is 5.41 Å². The molecule has 10 aromatic carbocycles. The highest BCUT2D eigenvalue weighted by Crippen LogP contribution is 2.68. The molecular weight excluding hydrogens is 769 g/mol. The summed E-state index contributed by atoms with van der Waals surface area (Å²) in [7, 11) is 0. The maximum atomic E-state index is 2.47. The summed E-state index contributed by atoms with van der Waals surface area (Å²) in [6, 6.07) is 85.1. The van der Waals surface area contributed by atoms with Crippen molar-refractivity contribution in [2.75, 3.05) is 9.80 Å². The third kappa shape index (κ3) is 5.03. The van der Waals surface area contributed by atoms with E-state index in [4.69, 9.17) is 0 Å². The Labute approximate surface area is 364 Å². The van der Waals surface area contributed by atoms with Crippen LogP contribution in [-0.2, 0) is 5.41 Å². The van der Waals surface area contributed by atoms with Crippen molar-refractivity contribution >= 4 is 77.1 Å². The molecule has 0 saturated heterocycles. The van der Waals surface area contributed by atoms with Crippen molar-refractivity contribution in [2.24, 2.45) is 0 Å². The zero-order valence-electron chi connectivity index (χ0n) is 33.7. The Hall–Kier alpha value is -7.72.